The second-order valence-corrected chi connectivity index (χ2v) is 12.1. The van der Waals surface area contributed by atoms with E-state index < -0.39 is 26.9 Å². The predicted octanol–water partition coefficient (Wildman–Crippen LogP) is 6.47. The summed E-state index contributed by atoms with van der Waals surface area (Å²) in [6.45, 7) is 2.10. The van der Waals surface area contributed by atoms with Crippen molar-refractivity contribution in [2.45, 2.75) is 42.9 Å². The number of aliphatic imine (C=N–C) groups is 1. The average Bonchev–Trinajstić information content (AvgIpc) is 2.86. The molecule has 0 amide bonds. The lowest BCUT2D eigenvalue weighted by Crippen LogP contribution is -2.49. The van der Waals surface area contributed by atoms with E-state index in [1.165, 1.54) is 0 Å². The number of hydrogen-bond donors (Lipinski definition) is 0. The quantitative estimate of drug-likeness (QED) is 0.380. The smallest absolute Gasteiger partial charge is 0.198 e. The van der Waals surface area contributed by atoms with Crippen LogP contribution in [0.4, 0.5) is 8.78 Å². The van der Waals surface area contributed by atoms with Crippen molar-refractivity contribution < 1.29 is 21.9 Å². The molecule has 1 aliphatic heterocycles. The second-order valence-electron chi connectivity index (χ2n) is 9.69. The first-order chi connectivity index (χ1) is 17.2. The van der Waals surface area contributed by atoms with Crippen LogP contribution in [-0.2, 0) is 21.7 Å². The first-order valence-electron chi connectivity index (χ1n) is 11.9. The van der Waals surface area contributed by atoms with E-state index in [4.69, 9.17) is 16.3 Å². The van der Waals surface area contributed by atoms with Gasteiger partial charge in [-0.1, -0.05) is 41.4 Å². The van der Waals surface area contributed by atoms with Gasteiger partial charge in [0.25, 0.3) is 0 Å². The molecule has 0 radical (unpaired) electrons. The van der Waals surface area contributed by atoms with Gasteiger partial charge in [0.1, 0.15) is 11.7 Å². The highest BCUT2D eigenvalue weighted by Gasteiger charge is 2.50. The van der Waals surface area contributed by atoms with Crippen molar-refractivity contribution in [3.05, 3.63) is 94.0 Å². The lowest BCUT2D eigenvalue weighted by Gasteiger charge is -2.48. The number of hydrogen-bond acceptors (Lipinski definition) is 4. The lowest BCUT2D eigenvalue weighted by molar-refractivity contribution is 0.106. The minimum absolute atomic E-state index is 0.0254. The van der Waals surface area contributed by atoms with Crippen molar-refractivity contribution in [3.8, 4) is 5.75 Å². The van der Waals surface area contributed by atoms with Crippen LogP contribution in [0.2, 0.25) is 5.02 Å². The molecule has 0 aromatic heterocycles. The third-order valence-electron chi connectivity index (χ3n) is 7.38. The van der Waals surface area contributed by atoms with Gasteiger partial charge in [-0.2, -0.15) is 0 Å². The number of ether oxygens (including phenoxy) is 1. The highest BCUT2D eigenvalue weighted by molar-refractivity contribution is 7.91. The van der Waals surface area contributed by atoms with E-state index in [-0.39, 0.29) is 34.6 Å². The predicted molar refractivity (Wildman–Crippen MR) is 137 cm³/mol. The van der Waals surface area contributed by atoms with Crippen LogP contribution in [0.15, 0.2) is 70.6 Å². The monoisotopic (exact) mass is 529 g/mol. The molecule has 3 aromatic rings. The largest absolute Gasteiger partial charge is 0.490 e. The molecule has 2 atom stereocenters. The van der Waals surface area contributed by atoms with Gasteiger partial charge in [0.05, 0.1) is 11.5 Å². The topological polar surface area (TPSA) is 55.7 Å². The van der Waals surface area contributed by atoms with E-state index in [2.05, 4.69) is 4.99 Å². The first-order valence-corrected chi connectivity index (χ1v) is 13.9. The van der Waals surface area contributed by atoms with Gasteiger partial charge in [-0.25, -0.2) is 17.2 Å². The van der Waals surface area contributed by atoms with Crippen LogP contribution in [0.3, 0.4) is 0 Å². The summed E-state index contributed by atoms with van der Waals surface area (Å²) in [5.41, 5.74) is 2.25. The summed E-state index contributed by atoms with van der Waals surface area (Å²) in [4.78, 5) is 4.71. The third kappa shape index (κ3) is 4.66. The van der Waals surface area contributed by atoms with Crippen LogP contribution in [0.25, 0.3) is 0 Å². The summed E-state index contributed by atoms with van der Waals surface area (Å²) in [6.07, 6.45) is 1.93. The molecule has 0 unspecified atom stereocenters. The fourth-order valence-corrected chi connectivity index (χ4v) is 6.63. The van der Waals surface area contributed by atoms with Crippen molar-refractivity contribution in [3.63, 3.8) is 0 Å². The van der Waals surface area contributed by atoms with E-state index in [1.54, 1.807) is 36.4 Å². The highest BCUT2D eigenvalue weighted by Crippen LogP contribution is 2.53. The minimum atomic E-state index is -3.58. The maximum absolute atomic E-state index is 15.3. The molecule has 4 nitrogen and oxygen atoms in total. The summed E-state index contributed by atoms with van der Waals surface area (Å²) in [5, 5.41) is 0.602. The Morgan fingerprint density at radius 3 is 2.44 bits per heavy atom. The zero-order valence-electron chi connectivity index (χ0n) is 19.8. The maximum Gasteiger partial charge on any atom is 0.198 e. The molecule has 0 saturated heterocycles. The molecule has 0 spiro atoms. The first kappa shape index (κ1) is 24.9. The Morgan fingerprint density at radius 1 is 1.03 bits per heavy atom. The molecule has 1 heterocycles. The number of halogens is 3. The Bertz CT molecular complexity index is 1420. The Hall–Kier alpha value is -2.77. The van der Waals surface area contributed by atoms with Gasteiger partial charge >= 0.3 is 0 Å². The molecule has 0 bridgehead atoms. The molecule has 1 fully saturated rings. The maximum atomic E-state index is 15.3. The molecule has 2 aliphatic rings. The Labute approximate surface area is 214 Å². The summed E-state index contributed by atoms with van der Waals surface area (Å²) in [7, 11) is -3.58. The molecule has 0 N–H and O–H groups in total. The number of fused-ring (bicyclic) bond motifs is 3. The van der Waals surface area contributed by atoms with Crippen LogP contribution < -0.4 is 4.74 Å². The number of rotatable bonds is 5. The van der Waals surface area contributed by atoms with Crippen molar-refractivity contribution in [1.29, 1.82) is 0 Å². The van der Waals surface area contributed by atoms with Gasteiger partial charge in [0, 0.05) is 27.6 Å². The van der Waals surface area contributed by atoms with Crippen molar-refractivity contribution in [1.82, 2.24) is 0 Å². The SMILES string of the molecule is Cc1ccc(S(=O)(=O)CN=C2CC[C@@]3(Cc4ccc(Cl)cc4)c4c(F)ccc(F)c4OC[C@H]3C2)cc1. The average molecular weight is 530 g/mol. The van der Waals surface area contributed by atoms with Crippen molar-refractivity contribution >= 4 is 27.1 Å². The highest BCUT2D eigenvalue weighted by atomic mass is 35.5. The minimum Gasteiger partial charge on any atom is -0.490 e. The van der Waals surface area contributed by atoms with Crippen LogP contribution in [0.1, 0.15) is 36.0 Å². The molecule has 36 heavy (non-hydrogen) atoms. The Balaban J connectivity index is 1.47. The third-order valence-corrected chi connectivity index (χ3v) is 9.09. The van der Waals surface area contributed by atoms with Crippen molar-refractivity contribution in [2.75, 3.05) is 12.5 Å². The van der Waals surface area contributed by atoms with Crippen LogP contribution in [0.5, 0.6) is 5.75 Å². The molecule has 5 rings (SSSR count). The Kier molecular flexibility index (Phi) is 6.64. The number of nitrogens with zero attached hydrogens (tertiary/aromatic N) is 1. The molecule has 1 aliphatic carbocycles. The van der Waals surface area contributed by atoms with E-state index >= 15 is 4.39 Å². The number of aryl methyl sites for hydroxylation is 1. The second kappa shape index (κ2) is 9.60. The standard InChI is InChI=1S/C28H26ClF2NO3S/c1-18-2-8-23(9-3-18)36(33,34)17-32-22-12-13-28(15-19-4-6-21(29)7-5-19)20(14-22)16-35-27-25(31)11-10-24(30)26(27)28/h2-11,20H,12-17H2,1H3/t20-,28+/m1/s1. The molecule has 8 heteroatoms. The fraction of sp³-hybridized carbons (Fsp3) is 0.321. The number of sulfone groups is 1. The van der Waals surface area contributed by atoms with Gasteiger partial charge in [-0.15, -0.1) is 0 Å². The molecule has 3 aromatic carbocycles. The normalized spacial score (nSPS) is 22.6. The van der Waals surface area contributed by atoms with E-state index in [0.29, 0.717) is 30.7 Å². The number of benzene rings is 3. The van der Waals surface area contributed by atoms with E-state index in [0.717, 1.165) is 29.0 Å². The van der Waals surface area contributed by atoms with Crippen molar-refractivity contribution in [2.24, 2.45) is 10.9 Å². The van der Waals surface area contributed by atoms with Gasteiger partial charge in [0.2, 0.25) is 0 Å². The summed E-state index contributed by atoms with van der Waals surface area (Å²) in [5.74, 6) is -1.63. The van der Waals surface area contributed by atoms with Crippen LogP contribution in [-0.4, -0.2) is 26.6 Å². The lowest BCUT2D eigenvalue weighted by atomic mass is 9.58. The fourth-order valence-electron chi connectivity index (χ4n) is 5.45. The molecule has 188 valence electrons. The summed E-state index contributed by atoms with van der Waals surface area (Å²) in [6, 6.07) is 16.3. The summed E-state index contributed by atoms with van der Waals surface area (Å²) >= 11 is 6.07. The van der Waals surface area contributed by atoms with E-state index in [9.17, 15) is 12.8 Å². The zero-order valence-corrected chi connectivity index (χ0v) is 21.4. The van der Waals surface area contributed by atoms with Gasteiger partial charge in [-0.3, -0.25) is 4.99 Å². The van der Waals surface area contributed by atoms with E-state index in [1.807, 2.05) is 19.1 Å². The van der Waals surface area contributed by atoms with Gasteiger partial charge in [0.15, 0.2) is 21.4 Å². The molecular weight excluding hydrogens is 504 g/mol. The van der Waals surface area contributed by atoms with Crippen LogP contribution >= 0.6 is 11.6 Å². The zero-order chi connectivity index (χ0) is 25.5. The van der Waals surface area contributed by atoms with Gasteiger partial charge < -0.3 is 4.74 Å². The Morgan fingerprint density at radius 2 is 1.72 bits per heavy atom. The van der Waals surface area contributed by atoms with Crippen LogP contribution in [0, 0.1) is 24.5 Å². The molecule has 1 saturated carbocycles. The van der Waals surface area contributed by atoms with Gasteiger partial charge in [-0.05, 0) is 74.6 Å². The summed E-state index contributed by atoms with van der Waals surface area (Å²) < 4.78 is 61.3. The molecular formula is C28H26ClF2NO3S.